The molecule has 0 amide bonds. The first-order valence-electron chi connectivity index (χ1n) is 9.53. The number of phenolic OH excluding ortho intramolecular Hbond substituents is 1. The number of aromatic nitrogens is 2. The third kappa shape index (κ3) is 3.50. The van der Waals surface area contributed by atoms with Gasteiger partial charge in [0.1, 0.15) is 37.7 Å². The molecule has 1 aliphatic rings. The van der Waals surface area contributed by atoms with Gasteiger partial charge < -0.3 is 14.9 Å². The summed E-state index contributed by atoms with van der Waals surface area (Å²) < 4.78 is 0. The number of pyridine rings is 2. The number of benzene rings is 1. The molecule has 0 bridgehead atoms. The van der Waals surface area contributed by atoms with Crippen LogP contribution in [0.1, 0.15) is 24.1 Å². The molecule has 1 aliphatic heterocycles. The van der Waals surface area contributed by atoms with Crippen molar-refractivity contribution in [1.82, 2.24) is 9.97 Å². The van der Waals surface area contributed by atoms with Crippen molar-refractivity contribution in [2.24, 2.45) is 0 Å². The van der Waals surface area contributed by atoms with Crippen LogP contribution in [0.4, 0.5) is 0 Å². The molecule has 0 radical (unpaired) electrons. The summed E-state index contributed by atoms with van der Waals surface area (Å²) in [7, 11) is 0. The lowest BCUT2D eigenvalue weighted by atomic mass is 9.95. The van der Waals surface area contributed by atoms with Gasteiger partial charge in [0.2, 0.25) is 0 Å². The predicted molar refractivity (Wildman–Crippen MR) is 106 cm³/mol. The van der Waals surface area contributed by atoms with Gasteiger partial charge in [0.25, 0.3) is 0 Å². The van der Waals surface area contributed by atoms with Crippen molar-refractivity contribution in [1.29, 1.82) is 0 Å². The fourth-order valence-electron chi connectivity index (χ4n) is 4.17. The fourth-order valence-corrected chi connectivity index (χ4v) is 4.44. The predicted octanol–water partition coefficient (Wildman–Crippen LogP) is 0.882. The standard InChI is InChI=1S/C21H23ClN4O/c1-2-25-9-11-26(12-10-25)20(15-5-3-7-23-14-15)17-13-18(22)16-6-4-8-24-19(16)21(17)27/h3-8,13-14,20,27H,2,9-12H2,1H3/p+2. The second-order valence-electron chi connectivity index (χ2n) is 7.18. The molecule has 1 unspecified atom stereocenters. The smallest absolute Gasteiger partial charge is 0.151 e. The summed E-state index contributed by atoms with van der Waals surface area (Å²) in [5, 5.41) is 12.5. The third-order valence-electron chi connectivity index (χ3n) is 5.68. The number of hydrogen-bond acceptors (Lipinski definition) is 3. The van der Waals surface area contributed by atoms with E-state index in [1.807, 2.05) is 30.5 Å². The maximum Gasteiger partial charge on any atom is 0.151 e. The molecule has 4 rings (SSSR count). The number of piperazine rings is 1. The lowest BCUT2D eigenvalue weighted by Gasteiger charge is -2.35. The highest BCUT2D eigenvalue weighted by Gasteiger charge is 2.34. The van der Waals surface area contributed by atoms with Crippen LogP contribution in [-0.4, -0.2) is 47.8 Å². The molecule has 0 aliphatic carbocycles. The Morgan fingerprint density at radius 1 is 1.15 bits per heavy atom. The van der Waals surface area contributed by atoms with E-state index in [9.17, 15) is 5.11 Å². The van der Waals surface area contributed by atoms with E-state index in [1.54, 1.807) is 17.3 Å². The lowest BCUT2D eigenvalue weighted by molar-refractivity contribution is -1.02. The number of likely N-dealkylation sites (N-methyl/N-ethyl adjacent to an activating group) is 1. The normalized spacial score (nSPS) is 21.3. The highest BCUT2D eigenvalue weighted by molar-refractivity contribution is 6.35. The quantitative estimate of drug-likeness (QED) is 0.626. The van der Waals surface area contributed by atoms with Gasteiger partial charge in [-0.15, -0.1) is 0 Å². The molecular formula is C21H25ClN4O+2. The third-order valence-corrected chi connectivity index (χ3v) is 5.99. The number of nitrogens with zero attached hydrogens (tertiary/aromatic N) is 2. The van der Waals surface area contributed by atoms with Gasteiger partial charge >= 0.3 is 0 Å². The molecule has 3 N–H and O–H groups in total. The van der Waals surface area contributed by atoms with Gasteiger partial charge in [-0.3, -0.25) is 9.97 Å². The summed E-state index contributed by atoms with van der Waals surface area (Å²) in [6.45, 7) is 7.73. The Morgan fingerprint density at radius 2 is 1.93 bits per heavy atom. The molecule has 27 heavy (non-hydrogen) atoms. The molecule has 140 valence electrons. The molecule has 3 heterocycles. The van der Waals surface area contributed by atoms with Crippen LogP contribution < -0.4 is 9.80 Å². The summed E-state index contributed by atoms with van der Waals surface area (Å²) in [6, 6.07) is 9.66. The van der Waals surface area contributed by atoms with Gasteiger partial charge in [-0.25, -0.2) is 0 Å². The number of halogens is 1. The monoisotopic (exact) mass is 384 g/mol. The van der Waals surface area contributed by atoms with Crippen molar-refractivity contribution < 1.29 is 14.9 Å². The molecular weight excluding hydrogens is 360 g/mol. The van der Waals surface area contributed by atoms with Crippen LogP contribution in [0.2, 0.25) is 5.02 Å². The molecule has 6 heteroatoms. The zero-order valence-corrected chi connectivity index (χ0v) is 16.2. The zero-order valence-electron chi connectivity index (χ0n) is 15.5. The Hall–Kier alpha value is -2.21. The Labute approximate surface area is 164 Å². The average molecular weight is 385 g/mol. The van der Waals surface area contributed by atoms with Crippen molar-refractivity contribution in [3.8, 4) is 5.75 Å². The largest absolute Gasteiger partial charge is 0.505 e. The van der Waals surface area contributed by atoms with Crippen LogP contribution in [0.5, 0.6) is 5.75 Å². The SMILES string of the molecule is CC[NH+]1CC[NH+](C(c2cccnc2)c2cc(Cl)c3cccnc3c2O)CC1. The van der Waals surface area contributed by atoms with E-state index >= 15 is 0 Å². The van der Waals surface area contributed by atoms with Crippen LogP contribution >= 0.6 is 11.6 Å². The van der Waals surface area contributed by atoms with Gasteiger partial charge in [0.15, 0.2) is 5.75 Å². The first-order valence-corrected chi connectivity index (χ1v) is 9.91. The molecule has 0 saturated carbocycles. The highest BCUT2D eigenvalue weighted by atomic mass is 35.5. The van der Waals surface area contributed by atoms with Gasteiger partial charge in [-0.2, -0.15) is 0 Å². The van der Waals surface area contributed by atoms with E-state index in [0.717, 1.165) is 49.2 Å². The number of quaternary nitrogens is 2. The number of fused-ring (bicyclic) bond motifs is 1. The van der Waals surface area contributed by atoms with Crippen molar-refractivity contribution >= 4 is 22.5 Å². The van der Waals surface area contributed by atoms with Gasteiger partial charge in [0, 0.05) is 29.5 Å². The second-order valence-corrected chi connectivity index (χ2v) is 7.58. The Morgan fingerprint density at radius 3 is 2.63 bits per heavy atom. The van der Waals surface area contributed by atoms with E-state index in [1.165, 1.54) is 4.90 Å². The van der Waals surface area contributed by atoms with E-state index < -0.39 is 0 Å². The number of hydrogen-bond donors (Lipinski definition) is 3. The minimum Gasteiger partial charge on any atom is -0.505 e. The summed E-state index contributed by atoms with van der Waals surface area (Å²) in [6.07, 6.45) is 5.37. The first kappa shape index (κ1) is 18.2. The van der Waals surface area contributed by atoms with E-state index in [0.29, 0.717) is 10.5 Å². The fraction of sp³-hybridized carbons (Fsp3) is 0.333. The van der Waals surface area contributed by atoms with Crippen LogP contribution in [0.3, 0.4) is 0 Å². The number of aromatic hydroxyl groups is 1. The average Bonchev–Trinajstić information content (AvgIpc) is 2.73. The van der Waals surface area contributed by atoms with Crippen LogP contribution in [-0.2, 0) is 0 Å². The van der Waals surface area contributed by atoms with Crippen molar-refractivity contribution in [2.75, 3.05) is 32.7 Å². The molecule has 3 aromatic rings. The molecule has 1 saturated heterocycles. The van der Waals surface area contributed by atoms with Crippen molar-refractivity contribution in [3.05, 3.63) is 65.1 Å². The molecule has 1 atom stereocenters. The summed E-state index contributed by atoms with van der Waals surface area (Å²) >= 11 is 6.57. The van der Waals surface area contributed by atoms with Crippen LogP contribution in [0, 0.1) is 0 Å². The summed E-state index contributed by atoms with van der Waals surface area (Å²) in [5.74, 6) is 0.224. The van der Waals surface area contributed by atoms with Crippen molar-refractivity contribution in [3.63, 3.8) is 0 Å². The Balaban J connectivity index is 1.82. The first-order chi connectivity index (χ1) is 13.2. The second kappa shape index (κ2) is 7.80. The summed E-state index contributed by atoms with van der Waals surface area (Å²) in [4.78, 5) is 11.8. The zero-order chi connectivity index (χ0) is 18.8. The number of nitrogens with one attached hydrogen (secondary N) is 2. The van der Waals surface area contributed by atoms with Gasteiger partial charge in [0.05, 0.1) is 17.1 Å². The minimum atomic E-state index is -0.0130. The molecule has 0 spiro atoms. The maximum absolute atomic E-state index is 11.1. The lowest BCUT2D eigenvalue weighted by Crippen LogP contribution is -3.28. The van der Waals surface area contributed by atoms with Gasteiger partial charge in [-0.05, 0) is 37.3 Å². The molecule has 5 nitrogen and oxygen atoms in total. The van der Waals surface area contributed by atoms with Crippen molar-refractivity contribution in [2.45, 2.75) is 13.0 Å². The molecule has 2 aromatic heterocycles. The van der Waals surface area contributed by atoms with E-state index in [2.05, 4.69) is 23.0 Å². The Bertz CT molecular complexity index is 926. The topological polar surface area (TPSA) is 54.9 Å². The number of phenols is 1. The molecule has 1 aromatic carbocycles. The van der Waals surface area contributed by atoms with Crippen LogP contribution in [0.25, 0.3) is 10.9 Å². The van der Waals surface area contributed by atoms with E-state index in [4.69, 9.17) is 11.6 Å². The van der Waals surface area contributed by atoms with E-state index in [-0.39, 0.29) is 11.8 Å². The molecule has 1 fully saturated rings. The van der Waals surface area contributed by atoms with Gasteiger partial charge in [-0.1, -0.05) is 11.6 Å². The Kier molecular flexibility index (Phi) is 5.25. The highest BCUT2D eigenvalue weighted by Crippen LogP contribution is 2.37. The number of rotatable bonds is 4. The maximum atomic E-state index is 11.1. The summed E-state index contributed by atoms with van der Waals surface area (Å²) in [5.41, 5.74) is 2.48. The minimum absolute atomic E-state index is 0.0130. The van der Waals surface area contributed by atoms with Crippen LogP contribution in [0.15, 0.2) is 48.9 Å².